The minimum absolute atomic E-state index is 0.122. The SMILES string of the molecule is C[C@@H]1CC2(CCC(CCc3cnc(-n4cnnn4)s3)CC2)C(=O)N1C1=CC(=O)OC1. The van der Waals surface area contributed by atoms with E-state index in [0.717, 1.165) is 55.8 Å². The van der Waals surface area contributed by atoms with Gasteiger partial charge in [-0.25, -0.2) is 9.78 Å². The number of aromatic nitrogens is 5. The lowest BCUT2D eigenvalue weighted by atomic mass is 9.68. The monoisotopic (exact) mass is 428 g/mol. The Morgan fingerprint density at radius 2 is 2.13 bits per heavy atom. The Morgan fingerprint density at radius 1 is 1.30 bits per heavy atom. The highest BCUT2D eigenvalue weighted by Gasteiger charge is 2.52. The zero-order chi connectivity index (χ0) is 20.7. The first-order chi connectivity index (χ1) is 14.5. The van der Waals surface area contributed by atoms with Gasteiger partial charge >= 0.3 is 5.97 Å². The summed E-state index contributed by atoms with van der Waals surface area (Å²) in [7, 11) is 0. The zero-order valence-corrected chi connectivity index (χ0v) is 17.7. The highest BCUT2D eigenvalue weighted by atomic mass is 32.1. The van der Waals surface area contributed by atoms with E-state index >= 15 is 0 Å². The topological polar surface area (TPSA) is 103 Å². The van der Waals surface area contributed by atoms with Crippen molar-refractivity contribution in [1.29, 1.82) is 0 Å². The molecule has 1 saturated carbocycles. The van der Waals surface area contributed by atoms with Gasteiger partial charge in [-0.2, -0.15) is 4.68 Å². The van der Waals surface area contributed by atoms with E-state index in [1.165, 1.54) is 11.0 Å². The molecule has 1 atom stereocenters. The fraction of sp³-hybridized carbons (Fsp3) is 0.600. The quantitative estimate of drug-likeness (QED) is 0.673. The van der Waals surface area contributed by atoms with Crippen LogP contribution in [0.15, 0.2) is 24.3 Å². The number of rotatable bonds is 5. The second-order valence-electron chi connectivity index (χ2n) is 8.60. The van der Waals surface area contributed by atoms with Crippen LogP contribution in [-0.4, -0.2) is 54.6 Å². The molecule has 0 radical (unpaired) electrons. The molecule has 2 aromatic rings. The second-order valence-corrected chi connectivity index (χ2v) is 9.69. The van der Waals surface area contributed by atoms with Crippen molar-refractivity contribution in [2.45, 2.75) is 57.9 Å². The predicted octanol–water partition coefficient (Wildman–Crippen LogP) is 2.29. The maximum Gasteiger partial charge on any atom is 0.333 e. The van der Waals surface area contributed by atoms with Gasteiger partial charge in [0, 0.05) is 23.2 Å². The molecule has 0 N–H and O–H groups in total. The van der Waals surface area contributed by atoms with Gasteiger partial charge in [-0.05, 0) is 68.2 Å². The molecule has 158 valence electrons. The Hall–Kier alpha value is -2.62. The van der Waals surface area contributed by atoms with Crippen LogP contribution >= 0.6 is 11.3 Å². The second kappa shape index (κ2) is 7.57. The Bertz CT molecular complexity index is 977. The number of cyclic esters (lactones) is 1. The van der Waals surface area contributed by atoms with Crippen LogP contribution in [0.5, 0.6) is 0 Å². The summed E-state index contributed by atoms with van der Waals surface area (Å²) in [4.78, 5) is 32.2. The summed E-state index contributed by atoms with van der Waals surface area (Å²) >= 11 is 1.62. The molecule has 30 heavy (non-hydrogen) atoms. The number of amides is 1. The molecule has 0 bridgehead atoms. The van der Waals surface area contributed by atoms with Gasteiger partial charge in [0.05, 0.1) is 11.1 Å². The van der Waals surface area contributed by atoms with E-state index in [0.29, 0.717) is 5.92 Å². The Kier molecular flexibility index (Phi) is 4.88. The van der Waals surface area contributed by atoms with E-state index in [9.17, 15) is 9.59 Å². The zero-order valence-electron chi connectivity index (χ0n) is 16.9. The number of carbonyl (C=O) groups excluding carboxylic acids is 2. The van der Waals surface area contributed by atoms with Crippen LogP contribution < -0.4 is 0 Å². The van der Waals surface area contributed by atoms with Crippen molar-refractivity contribution in [2.75, 3.05) is 6.61 Å². The minimum atomic E-state index is -0.346. The molecule has 1 saturated heterocycles. The van der Waals surface area contributed by atoms with Crippen LogP contribution in [0.1, 0.15) is 50.3 Å². The summed E-state index contributed by atoms with van der Waals surface area (Å²) in [6.45, 7) is 2.30. The summed E-state index contributed by atoms with van der Waals surface area (Å²) in [5.41, 5.74) is 0.459. The lowest BCUT2D eigenvalue weighted by Gasteiger charge is -2.35. The van der Waals surface area contributed by atoms with Gasteiger partial charge in [-0.15, -0.1) is 5.10 Å². The Labute approximate surface area is 178 Å². The van der Waals surface area contributed by atoms with Crippen molar-refractivity contribution >= 4 is 23.2 Å². The van der Waals surface area contributed by atoms with Crippen molar-refractivity contribution in [3.63, 3.8) is 0 Å². The average molecular weight is 429 g/mol. The normalized spacial score (nSPS) is 29.0. The van der Waals surface area contributed by atoms with E-state index in [1.54, 1.807) is 22.3 Å². The van der Waals surface area contributed by atoms with E-state index < -0.39 is 0 Å². The molecule has 2 aromatic heterocycles. The molecule has 2 fully saturated rings. The standard InChI is InChI=1S/C20H24N6O3S/c1-13-9-20(18(28)26(13)15-8-17(27)29-11-15)6-4-14(5-7-20)2-3-16-10-21-19(30-16)25-12-22-23-24-25/h8,10,12-14H,2-7,9,11H2,1H3/t13-,14?,20?/m1/s1. The van der Waals surface area contributed by atoms with Gasteiger partial charge in [-0.3, -0.25) is 4.79 Å². The number of esters is 1. The van der Waals surface area contributed by atoms with Gasteiger partial charge in [0.25, 0.3) is 0 Å². The number of aryl methyl sites for hydroxylation is 1. The minimum Gasteiger partial charge on any atom is -0.456 e. The smallest absolute Gasteiger partial charge is 0.333 e. The molecule has 5 rings (SSSR count). The third kappa shape index (κ3) is 3.42. The van der Waals surface area contributed by atoms with Crippen LogP contribution in [0.25, 0.3) is 5.13 Å². The van der Waals surface area contributed by atoms with Crippen LogP contribution in [-0.2, 0) is 20.7 Å². The van der Waals surface area contributed by atoms with Crippen molar-refractivity contribution in [3.8, 4) is 5.13 Å². The van der Waals surface area contributed by atoms with E-state index in [4.69, 9.17) is 4.74 Å². The number of carbonyl (C=O) groups is 2. The molecule has 9 nitrogen and oxygen atoms in total. The fourth-order valence-corrected chi connectivity index (χ4v) is 6.01. The number of tetrazole rings is 1. The van der Waals surface area contributed by atoms with Gasteiger partial charge in [0.1, 0.15) is 12.9 Å². The fourth-order valence-electron chi connectivity index (χ4n) is 5.17. The number of hydrogen-bond donors (Lipinski definition) is 0. The van der Waals surface area contributed by atoms with E-state index in [1.807, 2.05) is 11.1 Å². The molecule has 10 heteroatoms. The van der Waals surface area contributed by atoms with E-state index in [2.05, 4.69) is 27.4 Å². The van der Waals surface area contributed by atoms with Crippen LogP contribution in [0.2, 0.25) is 0 Å². The number of hydrogen-bond acceptors (Lipinski definition) is 8. The van der Waals surface area contributed by atoms with Crippen molar-refractivity contribution in [1.82, 2.24) is 30.1 Å². The Balaban J connectivity index is 1.17. The summed E-state index contributed by atoms with van der Waals surface area (Å²) < 4.78 is 6.60. The largest absolute Gasteiger partial charge is 0.456 e. The summed E-state index contributed by atoms with van der Waals surface area (Å²) in [5, 5.41) is 12.0. The first kappa shape index (κ1) is 19.3. The molecule has 3 aliphatic rings. The van der Waals surface area contributed by atoms with Crippen molar-refractivity contribution < 1.29 is 14.3 Å². The third-order valence-electron chi connectivity index (χ3n) is 6.70. The molecular weight excluding hydrogens is 404 g/mol. The number of ether oxygens (including phenoxy) is 1. The van der Waals surface area contributed by atoms with Gasteiger partial charge in [0.15, 0.2) is 0 Å². The lowest BCUT2D eigenvalue weighted by molar-refractivity contribution is -0.138. The molecule has 1 spiro atoms. The molecule has 0 unspecified atom stereocenters. The molecular formula is C20H24N6O3S. The van der Waals surface area contributed by atoms with E-state index in [-0.39, 0.29) is 29.9 Å². The summed E-state index contributed by atoms with van der Waals surface area (Å²) in [6, 6.07) is 0.122. The molecule has 0 aromatic carbocycles. The average Bonchev–Trinajstić information content (AvgIpc) is 3.51. The highest BCUT2D eigenvalue weighted by molar-refractivity contribution is 7.14. The molecule has 1 aliphatic carbocycles. The highest BCUT2D eigenvalue weighted by Crippen LogP contribution is 2.50. The Morgan fingerprint density at radius 3 is 2.83 bits per heavy atom. The van der Waals surface area contributed by atoms with Gasteiger partial charge in [-0.1, -0.05) is 11.3 Å². The van der Waals surface area contributed by atoms with Crippen LogP contribution in [0.4, 0.5) is 0 Å². The maximum absolute atomic E-state index is 13.3. The first-order valence-electron chi connectivity index (χ1n) is 10.4. The summed E-state index contributed by atoms with van der Waals surface area (Å²) in [6.07, 6.45) is 11.9. The lowest BCUT2D eigenvalue weighted by Crippen LogP contribution is -2.38. The van der Waals surface area contributed by atoms with Crippen molar-refractivity contribution in [2.24, 2.45) is 11.3 Å². The first-order valence-corrected chi connectivity index (χ1v) is 11.2. The predicted molar refractivity (Wildman–Crippen MR) is 108 cm³/mol. The van der Waals surface area contributed by atoms with Crippen molar-refractivity contribution in [3.05, 3.63) is 29.2 Å². The molecule has 1 amide bonds. The number of thiazole rings is 1. The van der Waals surface area contributed by atoms with Crippen LogP contribution in [0, 0.1) is 11.3 Å². The third-order valence-corrected chi connectivity index (χ3v) is 7.75. The molecule has 2 aliphatic heterocycles. The van der Waals surface area contributed by atoms with Gasteiger partial charge in [0.2, 0.25) is 11.0 Å². The maximum atomic E-state index is 13.3. The number of nitrogens with zero attached hydrogens (tertiary/aromatic N) is 6. The van der Waals surface area contributed by atoms with Crippen LogP contribution in [0.3, 0.4) is 0 Å². The molecule has 4 heterocycles. The number of likely N-dealkylation sites (tertiary alicyclic amines) is 1. The summed E-state index contributed by atoms with van der Waals surface area (Å²) in [5.74, 6) is 0.467. The van der Waals surface area contributed by atoms with Gasteiger partial charge < -0.3 is 9.64 Å².